The van der Waals surface area contributed by atoms with Crippen molar-refractivity contribution < 1.29 is 19.4 Å². The lowest BCUT2D eigenvalue weighted by Gasteiger charge is -2.45. The summed E-state index contributed by atoms with van der Waals surface area (Å²) in [6.45, 7) is 5.33. The summed E-state index contributed by atoms with van der Waals surface area (Å²) in [6, 6.07) is 5.93. The maximum absolute atomic E-state index is 10.8. The number of aromatic nitrogens is 4. The second-order valence-electron chi connectivity index (χ2n) is 7.68. The standard InChI is InChI=1S/C20H25N7O4S/c1-13(32-19(22-21)18-23-25-27(24-18)12-17(28)29)26-10-8-20(9-11-26)7-6-14-15(30-2)4-3-5-16(14)31-20/h3-5H,1,6-12,21H2,2H3,(H,28,29)/b22-19-. The third kappa shape index (κ3) is 4.49. The van der Waals surface area contributed by atoms with Crippen molar-refractivity contribution in [3.8, 4) is 11.5 Å². The largest absolute Gasteiger partial charge is 0.496 e. The predicted octanol–water partition coefficient (Wildman–Crippen LogP) is 1.45. The number of nitrogens with zero attached hydrogens (tertiary/aromatic N) is 6. The zero-order valence-corrected chi connectivity index (χ0v) is 18.5. The minimum absolute atomic E-state index is 0.162. The quantitative estimate of drug-likeness (QED) is 0.282. The Morgan fingerprint density at radius 3 is 2.88 bits per heavy atom. The van der Waals surface area contributed by atoms with Crippen molar-refractivity contribution in [1.29, 1.82) is 0 Å². The van der Waals surface area contributed by atoms with Crippen molar-refractivity contribution in [3.63, 3.8) is 0 Å². The summed E-state index contributed by atoms with van der Waals surface area (Å²) in [5, 5.41) is 25.2. The number of ether oxygens (including phenoxy) is 2. The smallest absolute Gasteiger partial charge is 0.327 e. The molecule has 2 aliphatic rings. The van der Waals surface area contributed by atoms with Gasteiger partial charge in [-0.15, -0.1) is 10.2 Å². The van der Waals surface area contributed by atoms with Crippen LogP contribution in [0.2, 0.25) is 0 Å². The van der Waals surface area contributed by atoms with Crippen LogP contribution < -0.4 is 15.3 Å². The molecule has 0 amide bonds. The molecule has 0 saturated carbocycles. The molecule has 4 rings (SSSR count). The van der Waals surface area contributed by atoms with Crippen LogP contribution in [0.5, 0.6) is 11.5 Å². The number of hydrogen-bond donors (Lipinski definition) is 2. The molecule has 3 heterocycles. The number of thioether (sulfide) groups is 1. The van der Waals surface area contributed by atoms with Gasteiger partial charge in [-0.25, -0.2) is 0 Å². The van der Waals surface area contributed by atoms with E-state index in [1.165, 1.54) is 11.8 Å². The molecule has 0 atom stereocenters. The van der Waals surface area contributed by atoms with E-state index < -0.39 is 5.97 Å². The van der Waals surface area contributed by atoms with Crippen molar-refractivity contribution in [2.45, 2.75) is 37.8 Å². The number of carboxylic acids is 1. The number of carbonyl (C=O) groups is 1. The summed E-state index contributed by atoms with van der Waals surface area (Å²) >= 11 is 1.24. The average molecular weight is 460 g/mol. The van der Waals surface area contributed by atoms with Gasteiger partial charge in [-0.3, -0.25) is 4.79 Å². The maximum Gasteiger partial charge on any atom is 0.327 e. The van der Waals surface area contributed by atoms with Crippen LogP contribution in [0.1, 0.15) is 30.7 Å². The lowest BCUT2D eigenvalue weighted by molar-refractivity contribution is -0.138. The number of nitrogens with two attached hydrogens (primary N) is 1. The number of likely N-dealkylation sites (tertiary alicyclic amines) is 1. The highest BCUT2D eigenvalue weighted by Gasteiger charge is 2.40. The molecule has 11 nitrogen and oxygen atoms in total. The Morgan fingerprint density at radius 1 is 1.41 bits per heavy atom. The van der Waals surface area contributed by atoms with E-state index in [9.17, 15) is 4.79 Å². The molecule has 1 spiro atoms. The van der Waals surface area contributed by atoms with E-state index in [0.717, 1.165) is 65.7 Å². The number of piperidine rings is 1. The van der Waals surface area contributed by atoms with Gasteiger partial charge in [0.25, 0.3) is 0 Å². The van der Waals surface area contributed by atoms with Crippen LogP contribution in [0.25, 0.3) is 0 Å². The lowest BCUT2D eigenvalue weighted by atomic mass is 9.83. The minimum Gasteiger partial charge on any atom is -0.496 e. The predicted molar refractivity (Wildman–Crippen MR) is 118 cm³/mol. The average Bonchev–Trinajstić information content (AvgIpc) is 3.24. The van der Waals surface area contributed by atoms with Gasteiger partial charge in [0.15, 0.2) is 11.6 Å². The van der Waals surface area contributed by atoms with Gasteiger partial charge in [0.2, 0.25) is 5.82 Å². The molecule has 1 aromatic heterocycles. The first-order valence-corrected chi connectivity index (χ1v) is 11.0. The molecule has 0 unspecified atom stereocenters. The first kappa shape index (κ1) is 21.9. The molecule has 0 radical (unpaired) electrons. The summed E-state index contributed by atoms with van der Waals surface area (Å²) in [4.78, 5) is 13.9. The number of hydrogen-bond acceptors (Lipinski definition) is 10. The number of fused-ring (bicyclic) bond motifs is 1. The molecule has 1 saturated heterocycles. The van der Waals surface area contributed by atoms with E-state index in [-0.39, 0.29) is 18.0 Å². The fourth-order valence-electron chi connectivity index (χ4n) is 4.05. The van der Waals surface area contributed by atoms with Gasteiger partial charge >= 0.3 is 5.97 Å². The molecule has 1 aromatic carbocycles. The summed E-state index contributed by atoms with van der Waals surface area (Å²) in [5.41, 5.74) is 0.947. The van der Waals surface area contributed by atoms with Crippen LogP contribution in [-0.4, -0.2) is 67.0 Å². The Kier molecular flexibility index (Phi) is 6.21. The highest BCUT2D eigenvalue weighted by Crippen LogP contribution is 2.43. The van der Waals surface area contributed by atoms with Crippen molar-refractivity contribution >= 4 is 22.8 Å². The molecule has 1 fully saturated rings. The van der Waals surface area contributed by atoms with Gasteiger partial charge in [-0.05, 0) is 41.9 Å². The van der Waals surface area contributed by atoms with E-state index >= 15 is 0 Å². The fourth-order valence-corrected chi connectivity index (χ4v) is 4.81. The molecular weight excluding hydrogens is 434 g/mol. The molecule has 12 heteroatoms. The van der Waals surface area contributed by atoms with Gasteiger partial charge in [-0.1, -0.05) is 12.6 Å². The van der Waals surface area contributed by atoms with Gasteiger partial charge in [-0.2, -0.15) is 9.90 Å². The Morgan fingerprint density at radius 2 is 2.19 bits per heavy atom. The zero-order valence-electron chi connectivity index (χ0n) is 17.7. The second kappa shape index (κ2) is 9.07. The van der Waals surface area contributed by atoms with E-state index in [4.69, 9.17) is 20.4 Å². The number of aliphatic carboxylic acids is 1. The van der Waals surface area contributed by atoms with Crippen LogP contribution in [0.4, 0.5) is 0 Å². The zero-order chi connectivity index (χ0) is 22.7. The number of tetrazole rings is 1. The molecule has 3 N–H and O–H groups in total. The van der Waals surface area contributed by atoms with Gasteiger partial charge in [0.05, 0.1) is 12.1 Å². The Labute approximate surface area is 189 Å². The Bertz CT molecular complexity index is 1050. The van der Waals surface area contributed by atoms with Gasteiger partial charge < -0.3 is 25.3 Å². The number of rotatable bonds is 6. The normalized spacial score (nSPS) is 17.5. The SMILES string of the molecule is C=C(S/C(=N\N)c1nnn(CC(=O)O)n1)N1CCC2(CCc3c(OC)cccc3O2)CC1. The highest BCUT2D eigenvalue weighted by atomic mass is 32.2. The number of benzene rings is 1. The summed E-state index contributed by atoms with van der Waals surface area (Å²) in [7, 11) is 1.68. The van der Waals surface area contributed by atoms with Crippen molar-refractivity contribution in [3.05, 3.63) is 41.2 Å². The van der Waals surface area contributed by atoms with E-state index in [0.29, 0.717) is 5.04 Å². The molecule has 2 aliphatic heterocycles. The first-order chi connectivity index (χ1) is 15.4. The van der Waals surface area contributed by atoms with Gasteiger partial charge in [0, 0.05) is 31.5 Å². The van der Waals surface area contributed by atoms with E-state index in [1.807, 2.05) is 18.2 Å². The first-order valence-electron chi connectivity index (χ1n) is 10.2. The number of methoxy groups -OCH3 is 1. The topological polar surface area (TPSA) is 141 Å². The van der Waals surface area contributed by atoms with Crippen molar-refractivity contribution in [2.24, 2.45) is 10.9 Å². The fraction of sp³-hybridized carbons (Fsp3) is 0.450. The molecule has 170 valence electrons. The molecule has 0 aliphatic carbocycles. The highest BCUT2D eigenvalue weighted by molar-refractivity contribution is 8.17. The summed E-state index contributed by atoms with van der Waals surface area (Å²) < 4.78 is 11.9. The Hall–Kier alpha value is -3.28. The molecule has 32 heavy (non-hydrogen) atoms. The number of hydrazone groups is 1. The summed E-state index contributed by atoms with van der Waals surface area (Å²) in [5.74, 6) is 6.40. The summed E-state index contributed by atoms with van der Waals surface area (Å²) in [6.07, 6.45) is 3.60. The molecule has 0 bridgehead atoms. The maximum atomic E-state index is 10.8. The van der Waals surface area contributed by atoms with Crippen LogP contribution in [0.3, 0.4) is 0 Å². The number of carboxylic acid groups (broad SMARTS) is 1. The second-order valence-corrected chi connectivity index (χ2v) is 8.74. The van der Waals surface area contributed by atoms with Crippen LogP contribution >= 0.6 is 11.8 Å². The monoisotopic (exact) mass is 459 g/mol. The van der Waals surface area contributed by atoms with Crippen LogP contribution in [0.15, 0.2) is 34.9 Å². The third-order valence-corrected chi connectivity index (χ3v) is 6.72. The molecule has 2 aromatic rings. The van der Waals surface area contributed by atoms with Crippen molar-refractivity contribution in [2.75, 3.05) is 20.2 Å². The minimum atomic E-state index is -1.06. The van der Waals surface area contributed by atoms with Gasteiger partial charge in [0.1, 0.15) is 17.1 Å². The Balaban J connectivity index is 1.36. The molecular formula is C20H25N7O4S. The van der Waals surface area contributed by atoms with Crippen LogP contribution in [0, 0.1) is 0 Å². The lowest BCUT2D eigenvalue weighted by Crippen LogP contribution is -2.49. The van der Waals surface area contributed by atoms with E-state index in [1.54, 1.807) is 7.11 Å². The third-order valence-electron chi connectivity index (χ3n) is 5.75. The van der Waals surface area contributed by atoms with Crippen LogP contribution in [-0.2, 0) is 17.8 Å². The van der Waals surface area contributed by atoms with E-state index in [2.05, 4.69) is 32.0 Å². The van der Waals surface area contributed by atoms with Crippen molar-refractivity contribution in [1.82, 2.24) is 25.1 Å².